The van der Waals surface area contributed by atoms with E-state index in [-0.39, 0.29) is 62.7 Å². The van der Waals surface area contributed by atoms with Gasteiger partial charge in [0.1, 0.15) is 5.60 Å². The highest BCUT2D eigenvalue weighted by molar-refractivity contribution is 5.81. The smallest absolute Gasteiger partial charge is 0.383 e. The molecule has 3 heterocycles. The lowest BCUT2D eigenvalue weighted by Gasteiger charge is -2.51. The fourth-order valence-electron chi connectivity index (χ4n) is 7.96. The Kier molecular flexibility index (Phi) is 16.3. The number of carbonyl (C=O) groups excluding carboxylic acids is 1. The molecule has 3 unspecified atom stereocenters. The van der Waals surface area contributed by atoms with Crippen LogP contribution in [-0.2, 0) is 46.1 Å². The molecule has 3 saturated heterocycles. The van der Waals surface area contributed by atoms with E-state index in [1.165, 1.54) is 0 Å². The molecule has 6 rings (SSSR count). The first kappa shape index (κ1) is 55.4. The van der Waals surface area contributed by atoms with E-state index in [1.807, 2.05) is 29.6 Å². The molecule has 1 amide bonds. The number of halogens is 10. The lowest BCUT2D eigenvalue weighted by molar-refractivity contribution is -0.449. The van der Waals surface area contributed by atoms with Crippen LogP contribution < -0.4 is 20.9 Å². The van der Waals surface area contributed by atoms with Crippen LogP contribution in [0.15, 0.2) is 59.8 Å². The van der Waals surface area contributed by atoms with Gasteiger partial charge < -0.3 is 44.5 Å². The van der Waals surface area contributed by atoms with Gasteiger partial charge >= 0.3 is 36.1 Å². The third kappa shape index (κ3) is 13.0. The van der Waals surface area contributed by atoms with Gasteiger partial charge in [0.25, 0.3) is 0 Å². The molecule has 3 atom stereocenters. The van der Waals surface area contributed by atoms with Crippen molar-refractivity contribution in [1.82, 2.24) is 10.6 Å². The summed E-state index contributed by atoms with van der Waals surface area (Å²) in [6.07, 6.45) is -13.6. The van der Waals surface area contributed by atoms with Crippen molar-refractivity contribution < 1.29 is 77.1 Å². The van der Waals surface area contributed by atoms with E-state index in [0.29, 0.717) is 113 Å². The minimum atomic E-state index is -5.78. The second-order valence-electron chi connectivity index (χ2n) is 20.5. The van der Waals surface area contributed by atoms with Crippen LogP contribution in [0.1, 0.15) is 92.2 Å². The molecule has 4 fully saturated rings. The summed E-state index contributed by atoms with van der Waals surface area (Å²) in [5.41, 5.74) is -10.7. The molecule has 1 aliphatic carbocycles. The number of allylic oxidation sites excluding steroid dienone is 1. The molecule has 2 aromatic carbocycles. The van der Waals surface area contributed by atoms with Crippen molar-refractivity contribution in [2.24, 2.45) is 5.41 Å². The normalized spacial score (nSPS) is 20.3. The van der Waals surface area contributed by atoms with E-state index >= 15 is 43.9 Å². The highest BCUT2D eigenvalue weighted by Crippen LogP contribution is 2.58. The summed E-state index contributed by atoms with van der Waals surface area (Å²) >= 11 is 0. The van der Waals surface area contributed by atoms with Crippen molar-refractivity contribution in [3.8, 4) is 0 Å². The molecular formula is C49H66F10N4O7. The third-order valence-corrected chi connectivity index (χ3v) is 13.7. The van der Waals surface area contributed by atoms with Gasteiger partial charge in [-0.1, -0.05) is 38.1 Å². The Morgan fingerprint density at radius 1 is 0.614 bits per heavy atom. The average Bonchev–Trinajstić information content (AvgIpc) is 4.18. The molecule has 3 N–H and O–H groups in total. The number of benzene rings is 2. The van der Waals surface area contributed by atoms with E-state index in [4.69, 9.17) is 18.9 Å². The highest BCUT2D eigenvalue weighted by atomic mass is 19.3. The van der Waals surface area contributed by atoms with Gasteiger partial charge in [0.05, 0.1) is 54.8 Å². The van der Waals surface area contributed by atoms with Gasteiger partial charge in [-0.15, -0.1) is 0 Å². The number of epoxide rings is 3. The minimum Gasteiger partial charge on any atom is -0.383 e. The number of ether oxygens (including phenoxy) is 6. The zero-order valence-electron chi connectivity index (χ0n) is 40.8. The summed E-state index contributed by atoms with van der Waals surface area (Å²) in [4.78, 5) is 14.6. The van der Waals surface area contributed by atoms with Gasteiger partial charge in [-0.05, 0) is 121 Å². The maximum absolute atomic E-state index is 16.7. The summed E-state index contributed by atoms with van der Waals surface area (Å²) in [6.45, 7) is 7.31. The molecule has 3 aliphatic heterocycles. The third-order valence-electron chi connectivity index (χ3n) is 13.7. The fraction of sp³-hybridized carbons (Fsp3) is 0.694. The Balaban J connectivity index is 1.07. The molecule has 1 saturated carbocycles. The molecule has 394 valence electrons. The maximum atomic E-state index is 16.7. The summed E-state index contributed by atoms with van der Waals surface area (Å²) < 4.78 is 190. The molecule has 2 aromatic rings. The highest BCUT2D eigenvalue weighted by Gasteiger charge is 2.74. The Morgan fingerprint density at radius 3 is 1.59 bits per heavy atom. The van der Waals surface area contributed by atoms with E-state index in [9.17, 15) is 4.79 Å². The number of rotatable bonds is 28. The van der Waals surface area contributed by atoms with Crippen molar-refractivity contribution in [3.05, 3.63) is 70.9 Å². The number of nitrogens with one attached hydrogen (secondary N) is 3. The van der Waals surface area contributed by atoms with Crippen molar-refractivity contribution >= 4 is 17.3 Å². The lowest BCUT2D eigenvalue weighted by Crippen LogP contribution is -2.66. The molecular weight excluding hydrogens is 947 g/mol. The van der Waals surface area contributed by atoms with Crippen molar-refractivity contribution in [2.75, 3.05) is 62.8 Å². The number of hydrogen-bond acceptors (Lipinski definition) is 10. The first-order chi connectivity index (χ1) is 32.3. The first-order valence-corrected chi connectivity index (χ1v) is 23.6. The van der Waals surface area contributed by atoms with Crippen molar-refractivity contribution in [3.63, 3.8) is 0 Å². The van der Waals surface area contributed by atoms with Crippen LogP contribution in [0.3, 0.4) is 0 Å². The quantitative estimate of drug-likeness (QED) is 0.0562. The number of carbonyl (C=O) groups is 1. The van der Waals surface area contributed by atoms with Gasteiger partial charge in [0, 0.05) is 44.1 Å². The average molecular weight is 1010 g/mol. The Bertz CT molecular complexity index is 2100. The minimum absolute atomic E-state index is 0.0663. The summed E-state index contributed by atoms with van der Waals surface area (Å²) in [7, 11) is 0. The van der Waals surface area contributed by atoms with Crippen molar-refractivity contribution in [1.29, 1.82) is 0 Å². The molecule has 0 spiro atoms. The van der Waals surface area contributed by atoms with Crippen molar-refractivity contribution in [2.45, 2.75) is 159 Å². The van der Waals surface area contributed by atoms with Crippen LogP contribution in [0.4, 0.5) is 55.3 Å². The molecule has 0 radical (unpaired) electrons. The van der Waals surface area contributed by atoms with Crippen LogP contribution in [0.5, 0.6) is 0 Å². The molecule has 21 heteroatoms. The van der Waals surface area contributed by atoms with E-state index < -0.39 is 64.0 Å². The molecule has 70 heavy (non-hydrogen) atoms. The standard InChI is InChI=1S/C49H66F10N4O7/c1-41(2,42(3,4)69-48(56,57)44(7,8)68-46(52,53)40(64)61-24-22-31-13-17-34(18-14-31)62-25-36-28-65-36)47(54,55)49(58,59)70-43(5,6)45(50,51)39(33-11-9-10-12-33)60-23-21-32-15-19-35(20-16-32)63(26-37-29-66-37)27-38-30-67-38/h13-20,36-38,60,62H,9-12,21-30H2,1-8H3,(H,61,64). The Hall–Kier alpha value is -3.89. The van der Waals surface area contributed by atoms with E-state index in [1.54, 1.807) is 24.3 Å². The first-order valence-electron chi connectivity index (χ1n) is 23.6. The van der Waals surface area contributed by atoms with Crippen LogP contribution >= 0.6 is 0 Å². The second-order valence-corrected chi connectivity index (χ2v) is 20.5. The molecule has 4 aliphatic rings. The number of nitrogens with zero attached hydrogens (tertiary/aromatic N) is 1. The summed E-state index contributed by atoms with van der Waals surface area (Å²) in [6, 6.07) is 14.3. The number of alkyl halides is 10. The van der Waals surface area contributed by atoms with Crippen LogP contribution in [-0.4, -0.2) is 124 Å². The van der Waals surface area contributed by atoms with Crippen LogP contribution in [0, 0.1) is 5.41 Å². The van der Waals surface area contributed by atoms with Gasteiger partial charge in [0.2, 0.25) is 0 Å². The van der Waals surface area contributed by atoms with Gasteiger partial charge in [-0.2, -0.15) is 43.9 Å². The van der Waals surface area contributed by atoms with Crippen LogP contribution in [0.25, 0.3) is 0 Å². The number of hydrogen-bond donors (Lipinski definition) is 3. The largest absolute Gasteiger partial charge is 0.437 e. The molecule has 0 bridgehead atoms. The molecule has 11 nitrogen and oxygen atoms in total. The lowest BCUT2D eigenvalue weighted by atomic mass is 9.71. The maximum Gasteiger partial charge on any atom is 0.437 e. The van der Waals surface area contributed by atoms with Gasteiger partial charge in [0.15, 0.2) is 5.60 Å². The van der Waals surface area contributed by atoms with Crippen LogP contribution in [0.2, 0.25) is 0 Å². The number of anilines is 2. The predicted molar refractivity (Wildman–Crippen MR) is 241 cm³/mol. The fourth-order valence-corrected chi connectivity index (χ4v) is 7.96. The van der Waals surface area contributed by atoms with Gasteiger partial charge in [-0.25, -0.2) is 0 Å². The Labute approximate surface area is 402 Å². The zero-order chi connectivity index (χ0) is 51.8. The monoisotopic (exact) mass is 1010 g/mol. The topological polar surface area (TPSA) is 122 Å². The summed E-state index contributed by atoms with van der Waals surface area (Å²) in [5, 5.41) is 7.76. The predicted octanol–water partition coefficient (Wildman–Crippen LogP) is 9.88. The van der Waals surface area contributed by atoms with E-state index in [2.05, 4.69) is 25.0 Å². The zero-order valence-corrected chi connectivity index (χ0v) is 40.8. The summed E-state index contributed by atoms with van der Waals surface area (Å²) in [5.74, 6) is -12.0. The Morgan fingerprint density at radius 2 is 1.09 bits per heavy atom. The van der Waals surface area contributed by atoms with Gasteiger partial charge in [-0.3, -0.25) is 9.53 Å². The number of amides is 1. The molecule has 0 aromatic heterocycles. The van der Waals surface area contributed by atoms with E-state index in [0.717, 1.165) is 16.9 Å². The SMILES string of the molecule is CC(C)(OC(F)(F)C(=O)NCCc1ccc(NCC2CO2)cc1)C(F)(F)OC(C)(C)C(C)(C)C(F)(F)C(F)(F)OC(C)(C)C(F)(F)C(NCCc1ccc(N(CC2CO2)CC2CO2)cc1)=C1CCCC1. The second kappa shape index (κ2) is 20.6.